The fourth-order valence-corrected chi connectivity index (χ4v) is 3.81. The van der Waals surface area contributed by atoms with Crippen LogP contribution >= 0.6 is 0 Å². The molecule has 0 bridgehead atoms. The molecule has 1 atom stereocenters. The van der Waals surface area contributed by atoms with Gasteiger partial charge in [-0.2, -0.15) is 0 Å². The Morgan fingerprint density at radius 1 is 1.52 bits per heavy atom. The van der Waals surface area contributed by atoms with Crippen LogP contribution < -0.4 is 5.32 Å². The van der Waals surface area contributed by atoms with E-state index in [2.05, 4.69) is 17.4 Å². The topological polar surface area (TPSA) is 67.6 Å². The van der Waals surface area contributed by atoms with E-state index in [9.17, 15) is 4.79 Å². The van der Waals surface area contributed by atoms with Crippen molar-refractivity contribution >= 4 is 11.7 Å². The van der Waals surface area contributed by atoms with Crippen LogP contribution in [0.2, 0.25) is 0 Å². The van der Waals surface area contributed by atoms with E-state index in [1.165, 1.54) is 0 Å². The van der Waals surface area contributed by atoms with Crippen molar-refractivity contribution in [1.29, 1.82) is 0 Å². The molecule has 2 fully saturated rings. The zero-order chi connectivity index (χ0) is 16.4. The fraction of sp³-hybridized carbons (Fsp3) is 0.765. The Morgan fingerprint density at radius 2 is 2.30 bits per heavy atom. The first-order valence-electron chi connectivity index (χ1n) is 8.65. The van der Waals surface area contributed by atoms with E-state index >= 15 is 0 Å². The van der Waals surface area contributed by atoms with Gasteiger partial charge in [0.2, 0.25) is 0 Å². The number of urea groups is 1. The lowest BCUT2D eigenvalue weighted by molar-refractivity contribution is 0.0540. The van der Waals surface area contributed by atoms with Crippen LogP contribution in [-0.4, -0.2) is 41.9 Å². The molecule has 2 heterocycles. The van der Waals surface area contributed by atoms with E-state index in [1.807, 2.05) is 11.8 Å². The minimum atomic E-state index is -0.182. The highest BCUT2D eigenvalue weighted by atomic mass is 16.5. The summed E-state index contributed by atoms with van der Waals surface area (Å²) >= 11 is 0. The Balaban J connectivity index is 1.78. The molecule has 1 N–H and O–H groups in total. The Labute approximate surface area is 137 Å². The van der Waals surface area contributed by atoms with E-state index in [0.717, 1.165) is 62.2 Å². The number of anilines is 1. The molecule has 1 aromatic heterocycles. The lowest BCUT2D eigenvalue weighted by Gasteiger charge is -2.38. The largest absolute Gasteiger partial charge is 0.382 e. The third kappa shape index (κ3) is 3.09. The van der Waals surface area contributed by atoms with Crippen LogP contribution in [0.25, 0.3) is 0 Å². The molecule has 3 rings (SSSR count). The summed E-state index contributed by atoms with van der Waals surface area (Å²) < 4.78 is 10.9. The van der Waals surface area contributed by atoms with E-state index in [1.54, 1.807) is 7.11 Å². The average molecular weight is 321 g/mol. The summed E-state index contributed by atoms with van der Waals surface area (Å²) in [7, 11) is 1.71. The number of carbonyl (C=O) groups is 1. The third-order valence-corrected chi connectivity index (χ3v) is 5.04. The molecule has 0 unspecified atom stereocenters. The second-order valence-electron chi connectivity index (χ2n) is 6.87. The Kier molecular flexibility index (Phi) is 4.62. The molecule has 2 amide bonds. The van der Waals surface area contributed by atoms with E-state index in [0.29, 0.717) is 12.5 Å². The zero-order valence-electron chi connectivity index (χ0n) is 14.4. The highest BCUT2D eigenvalue weighted by molar-refractivity contribution is 5.91. The molecule has 0 aromatic carbocycles. The maximum absolute atomic E-state index is 12.9. The predicted molar refractivity (Wildman–Crippen MR) is 87.7 cm³/mol. The molecule has 1 aromatic rings. The van der Waals surface area contributed by atoms with Gasteiger partial charge < -0.3 is 19.5 Å². The number of rotatable bonds is 6. The molecular weight excluding hydrogens is 294 g/mol. The number of nitrogens with zero attached hydrogens (tertiary/aromatic N) is 2. The van der Waals surface area contributed by atoms with Gasteiger partial charge in [0, 0.05) is 19.6 Å². The molecule has 0 spiro atoms. The van der Waals surface area contributed by atoms with Gasteiger partial charge in [0.15, 0.2) is 5.76 Å². The molecule has 1 aliphatic heterocycles. The van der Waals surface area contributed by atoms with E-state index in [-0.39, 0.29) is 11.6 Å². The van der Waals surface area contributed by atoms with Crippen molar-refractivity contribution in [2.45, 2.75) is 63.8 Å². The van der Waals surface area contributed by atoms with Gasteiger partial charge in [0.05, 0.1) is 12.1 Å². The number of hydrogen-bond acceptors (Lipinski definition) is 4. The van der Waals surface area contributed by atoms with Crippen LogP contribution in [0.1, 0.15) is 62.8 Å². The van der Waals surface area contributed by atoms with Crippen molar-refractivity contribution in [1.82, 2.24) is 10.1 Å². The number of aromatic nitrogens is 1. The quantitative estimate of drug-likeness (QED) is 0.868. The minimum absolute atomic E-state index is 0.0544. The highest BCUT2D eigenvalue weighted by Crippen LogP contribution is 2.44. The number of amides is 2. The molecule has 23 heavy (non-hydrogen) atoms. The predicted octanol–water partition coefficient (Wildman–Crippen LogP) is 3.67. The van der Waals surface area contributed by atoms with Crippen LogP contribution in [-0.2, 0) is 4.74 Å². The molecule has 128 valence electrons. The number of hydrogen-bond donors (Lipinski definition) is 1. The summed E-state index contributed by atoms with van der Waals surface area (Å²) in [4.78, 5) is 14.9. The lowest BCUT2D eigenvalue weighted by atomic mass is 9.91. The van der Waals surface area contributed by atoms with Crippen molar-refractivity contribution in [3.63, 3.8) is 0 Å². The third-order valence-electron chi connectivity index (χ3n) is 5.04. The zero-order valence-corrected chi connectivity index (χ0v) is 14.4. The van der Waals surface area contributed by atoms with Gasteiger partial charge in [-0.05, 0) is 39.0 Å². The van der Waals surface area contributed by atoms with E-state index < -0.39 is 0 Å². The number of nitrogens with one attached hydrogen (secondary N) is 1. The summed E-state index contributed by atoms with van der Waals surface area (Å²) in [5, 5.41) is 7.10. The molecule has 1 saturated carbocycles. The fourth-order valence-electron chi connectivity index (χ4n) is 3.81. The van der Waals surface area contributed by atoms with Gasteiger partial charge in [0.25, 0.3) is 0 Å². The summed E-state index contributed by atoms with van der Waals surface area (Å²) in [5.74, 6) is 1.26. The first-order valence-corrected chi connectivity index (χ1v) is 8.65. The average Bonchev–Trinajstić information content (AvgIpc) is 3.19. The monoisotopic (exact) mass is 321 g/mol. The van der Waals surface area contributed by atoms with Gasteiger partial charge in [-0.1, -0.05) is 18.5 Å². The Hall–Kier alpha value is -1.56. The second-order valence-corrected chi connectivity index (χ2v) is 6.87. The molecule has 2 aliphatic rings. The highest BCUT2D eigenvalue weighted by Gasteiger charge is 2.43. The summed E-state index contributed by atoms with van der Waals surface area (Å²) in [6.45, 7) is 5.40. The van der Waals surface area contributed by atoms with Crippen LogP contribution in [0.3, 0.4) is 0 Å². The van der Waals surface area contributed by atoms with Gasteiger partial charge in [0.1, 0.15) is 11.4 Å². The smallest absolute Gasteiger partial charge is 0.322 e. The Morgan fingerprint density at radius 3 is 2.96 bits per heavy atom. The normalized spacial score (nSPS) is 24.2. The van der Waals surface area contributed by atoms with Gasteiger partial charge in [-0.25, -0.2) is 4.79 Å². The molecule has 1 aliphatic carbocycles. The number of ether oxygens (including phenoxy) is 1. The summed E-state index contributed by atoms with van der Waals surface area (Å²) in [6, 6.07) is -0.0544. The first kappa shape index (κ1) is 16.3. The van der Waals surface area contributed by atoms with Crippen LogP contribution in [0.15, 0.2) is 4.52 Å². The van der Waals surface area contributed by atoms with Crippen molar-refractivity contribution in [3.05, 3.63) is 11.5 Å². The standard InChI is InChI=1S/C17H27N3O3/c1-4-8-17(11-22-3)9-5-10-20(17)16(21)18-14-12(2)19-23-15(14)13-6-7-13/h13H,4-11H2,1-3H3,(H,18,21)/t17-/m1/s1. The van der Waals surface area contributed by atoms with Gasteiger partial charge in [-0.15, -0.1) is 0 Å². The molecule has 6 heteroatoms. The SMILES string of the molecule is CCC[C@]1(COC)CCCN1C(=O)Nc1c(C)noc1C1CC1. The molecule has 6 nitrogen and oxygen atoms in total. The second kappa shape index (κ2) is 6.51. The van der Waals surface area contributed by atoms with Crippen molar-refractivity contribution < 1.29 is 14.1 Å². The summed E-state index contributed by atoms with van der Waals surface area (Å²) in [5.41, 5.74) is 1.35. The molecular formula is C17H27N3O3. The van der Waals surface area contributed by atoms with Crippen LogP contribution in [0, 0.1) is 6.92 Å². The first-order chi connectivity index (χ1) is 11.1. The maximum atomic E-state index is 12.9. The van der Waals surface area contributed by atoms with Gasteiger partial charge in [-0.3, -0.25) is 0 Å². The number of likely N-dealkylation sites (tertiary alicyclic amines) is 1. The lowest BCUT2D eigenvalue weighted by Crippen LogP contribution is -2.52. The number of aryl methyl sites for hydroxylation is 1. The molecule has 0 radical (unpaired) electrons. The molecule has 1 saturated heterocycles. The number of carbonyl (C=O) groups excluding carboxylic acids is 1. The summed E-state index contributed by atoms with van der Waals surface area (Å²) in [6.07, 6.45) is 6.25. The van der Waals surface area contributed by atoms with Crippen molar-refractivity contribution in [2.24, 2.45) is 0 Å². The van der Waals surface area contributed by atoms with Gasteiger partial charge >= 0.3 is 6.03 Å². The van der Waals surface area contributed by atoms with Crippen LogP contribution in [0.4, 0.5) is 10.5 Å². The van der Waals surface area contributed by atoms with Crippen molar-refractivity contribution in [2.75, 3.05) is 25.6 Å². The maximum Gasteiger partial charge on any atom is 0.322 e. The van der Waals surface area contributed by atoms with Crippen LogP contribution in [0.5, 0.6) is 0 Å². The minimum Gasteiger partial charge on any atom is -0.382 e. The Bertz CT molecular complexity index is 559. The number of methoxy groups -OCH3 is 1. The van der Waals surface area contributed by atoms with E-state index in [4.69, 9.17) is 9.26 Å². The van der Waals surface area contributed by atoms with Crippen molar-refractivity contribution in [3.8, 4) is 0 Å².